The van der Waals surface area contributed by atoms with Gasteiger partial charge in [0, 0.05) is 24.7 Å². The Labute approximate surface area is 174 Å². The van der Waals surface area contributed by atoms with Crippen LogP contribution in [0.4, 0.5) is 0 Å². The zero-order valence-corrected chi connectivity index (χ0v) is 16.4. The number of carbonyl (C=O) groups is 3. The quantitative estimate of drug-likeness (QED) is 0.514. The number of hydrogen-bond acceptors (Lipinski definition) is 5. The third kappa shape index (κ3) is 5.64. The fraction of sp³-hybridized carbons (Fsp3) is 0.292. The molecule has 0 bridgehead atoms. The van der Waals surface area contributed by atoms with Crippen LogP contribution in [0.25, 0.3) is 0 Å². The molecule has 0 saturated heterocycles. The van der Waals surface area contributed by atoms with Gasteiger partial charge in [-0.05, 0) is 23.8 Å². The summed E-state index contributed by atoms with van der Waals surface area (Å²) in [5, 5.41) is 19.6. The van der Waals surface area contributed by atoms with Crippen molar-refractivity contribution in [3.05, 3.63) is 83.9 Å². The second-order valence-corrected chi connectivity index (χ2v) is 7.44. The summed E-state index contributed by atoms with van der Waals surface area (Å²) in [6.45, 7) is 0. The van der Waals surface area contributed by atoms with Crippen LogP contribution in [0.15, 0.2) is 72.8 Å². The Morgan fingerprint density at radius 2 is 1.63 bits per heavy atom. The normalized spacial score (nSPS) is 23.4. The first-order chi connectivity index (χ1) is 14.4. The average Bonchev–Trinajstić information content (AvgIpc) is 3.01. The molecule has 156 valence electrons. The molecule has 0 aromatic heterocycles. The van der Waals surface area contributed by atoms with E-state index in [0.717, 1.165) is 5.56 Å². The number of carboxylic acids is 1. The fourth-order valence-electron chi connectivity index (χ4n) is 3.82. The largest absolute Gasteiger partial charge is 0.481 e. The summed E-state index contributed by atoms with van der Waals surface area (Å²) in [7, 11) is 0. The Morgan fingerprint density at radius 3 is 2.27 bits per heavy atom. The molecule has 1 aliphatic carbocycles. The van der Waals surface area contributed by atoms with E-state index in [1.54, 1.807) is 36.4 Å². The summed E-state index contributed by atoms with van der Waals surface area (Å²) in [5.41, 5.74) is 1.24. The highest BCUT2D eigenvalue weighted by Gasteiger charge is 2.44. The maximum Gasteiger partial charge on any atom is 0.338 e. The fourth-order valence-corrected chi connectivity index (χ4v) is 3.82. The van der Waals surface area contributed by atoms with Gasteiger partial charge in [0.25, 0.3) is 0 Å². The Kier molecular flexibility index (Phi) is 7.14. The lowest BCUT2D eigenvalue weighted by Gasteiger charge is -2.21. The number of carbonyl (C=O) groups excluding carboxylic acids is 2. The van der Waals surface area contributed by atoms with Crippen LogP contribution in [0, 0.1) is 11.8 Å². The molecular weight excluding hydrogens is 384 g/mol. The number of ether oxygens (including phenoxy) is 1. The molecule has 0 aliphatic heterocycles. The van der Waals surface area contributed by atoms with E-state index in [1.165, 1.54) is 6.08 Å². The molecule has 0 heterocycles. The molecule has 6 nitrogen and oxygen atoms in total. The molecule has 30 heavy (non-hydrogen) atoms. The van der Waals surface area contributed by atoms with Gasteiger partial charge < -0.3 is 14.9 Å². The molecule has 4 atom stereocenters. The predicted octanol–water partition coefficient (Wildman–Crippen LogP) is 3.05. The molecular formula is C24H24O6. The molecule has 0 spiro atoms. The highest BCUT2D eigenvalue weighted by molar-refractivity contribution is 5.91. The van der Waals surface area contributed by atoms with Crippen LogP contribution in [0.2, 0.25) is 0 Å². The van der Waals surface area contributed by atoms with Gasteiger partial charge in [-0.2, -0.15) is 0 Å². The van der Waals surface area contributed by atoms with Crippen LogP contribution in [0.1, 0.15) is 28.8 Å². The molecule has 2 aromatic carbocycles. The Morgan fingerprint density at radius 1 is 1.00 bits per heavy atom. The van der Waals surface area contributed by atoms with Gasteiger partial charge in [-0.3, -0.25) is 9.59 Å². The maximum atomic E-state index is 12.4. The molecule has 0 amide bonds. The van der Waals surface area contributed by atoms with Crippen molar-refractivity contribution in [1.29, 1.82) is 0 Å². The van der Waals surface area contributed by atoms with Gasteiger partial charge in [0.2, 0.25) is 0 Å². The van der Waals surface area contributed by atoms with Crippen LogP contribution < -0.4 is 0 Å². The van der Waals surface area contributed by atoms with Crippen molar-refractivity contribution in [1.82, 2.24) is 0 Å². The van der Waals surface area contributed by atoms with Crippen molar-refractivity contribution in [2.75, 3.05) is 0 Å². The lowest BCUT2D eigenvalue weighted by molar-refractivity contribution is -0.139. The van der Waals surface area contributed by atoms with Crippen molar-refractivity contribution in [2.45, 2.75) is 31.5 Å². The molecule has 0 unspecified atom stereocenters. The summed E-state index contributed by atoms with van der Waals surface area (Å²) >= 11 is 0. The summed E-state index contributed by atoms with van der Waals surface area (Å²) < 4.78 is 5.59. The second kappa shape index (κ2) is 9.98. The number of aliphatic hydroxyl groups is 1. The first kappa shape index (κ1) is 21.5. The van der Waals surface area contributed by atoms with Crippen LogP contribution in [-0.4, -0.2) is 40.1 Å². The molecule has 3 rings (SSSR count). The van der Waals surface area contributed by atoms with E-state index in [2.05, 4.69) is 0 Å². The topological polar surface area (TPSA) is 101 Å². The van der Waals surface area contributed by atoms with Gasteiger partial charge in [0.05, 0.1) is 18.1 Å². The zero-order valence-electron chi connectivity index (χ0n) is 16.4. The number of benzene rings is 2. The third-order valence-corrected chi connectivity index (χ3v) is 5.30. The van der Waals surface area contributed by atoms with E-state index in [1.807, 2.05) is 30.3 Å². The summed E-state index contributed by atoms with van der Waals surface area (Å²) in [6.07, 6.45) is 1.39. The van der Waals surface area contributed by atoms with Crippen molar-refractivity contribution in [2.24, 2.45) is 11.8 Å². The smallest absolute Gasteiger partial charge is 0.338 e. The van der Waals surface area contributed by atoms with Crippen LogP contribution in [0.3, 0.4) is 0 Å². The molecule has 0 radical (unpaired) electrons. The first-order valence-electron chi connectivity index (χ1n) is 9.85. The number of aliphatic carboxylic acids is 1. The highest BCUT2D eigenvalue weighted by Crippen LogP contribution is 2.38. The minimum absolute atomic E-state index is 0.123. The second-order valence-electron chi connectivity index (χ2n) is 7.44. The van der Waals surface area contributed by atoms with Gasteiger partial charge in [-0.25, -0.2) is 4.79 Å². The number of ketones is 1. The molecule has 1 aliphatic rings. The minimum atomic E-state index is -1.05. The maximum absolute atomic E-state index is 12.4. The van der Waals surface area contributed by atoms with Crippen molar-refractivity contribution < 1.29 is 29.3 Å². The summed E-state index contributed by atoms with van der Waals surface area (Å²) in [4.78, 5) is 36.1. The number of esters is 1. The molecule has 2 aromatic rings. The van der Waals surface area contributed by atoms with Crippen LogP contribution in [-0.2, 0) is 20.7 Å². The van der Waals surface area contributed by atoms with Gasteiger partial charge in [-0.15, -0.1) is 0 Å². The first-order valence-corrected chi connectivity index (χ1v) is 9.85. The van der Waals surface area contributed by atoms with Crippen LogP contribution in [0.5, 0.6) is 0 Å². The van der Waals surface area contributed by atoms with E-state index >= 15 is 0 Å². The van der Waals surface area contributed by atoms with Crippen molar-refractivity contribution in [3.8, 4) is 0 Å². The van der Waals surface area contributed by atoms with Crippen molar-refractivity contribution >= 4 is 17.7 Å². The summed E-state index contributed by atoms with van der Waals surface area (Å²) in [5.74, 6) is -2.95. The SMILES string of the molecule is O=C(O)C[C@@H]1[C@@H](C=CC(=O)Cc2ccccc2)[C@H](OC(=O)c2ccccc2)C[C@@H]1O. The van der Waals surface area contributed by atoms with E-state index < -0.39 is 36.0 Å². The lowest BCUT2D eigenvalue weighted by atomic mass is 9.89. The van der Waals surface area contributed by atoms with Gasteiger partial charge in [-0.1, -0.05) is 54.6 Å². The van der Waals surface area contributed by atoms with Crippen molar-refractivity contribution in [3.63, 3.8) is 0 Å². The third-order valence-electron chi connectivity index (χ3n) is 5.30. The Bertz CT molecular complexity index is 906. The predicted molar refractivity (Wildman–Crippen MR) is 110 cm³/mol. The van der Waals surface area contributed by atoms with E-state index in [4.69, 9.17) is 4.74 Å². The van der Waals surface area contributed by atoms with Crippen LogP contribution >= 0.6 is 0 Å². The monoisotopic (exact) mass is 408 g/mol. The van der Waals surface area contributed by atoms with E-state index in [0.29, 0.717) is 5.56 Å². The van der Waals surface area contributed by atoms with E-state index in [-0.39, 0.29) is 25.0 Å². The molecule has 2 N–H and O–H groups in total. The number of allylic oxidation sites excluding steroid dienone is 1. The average molecular weight is 408 g/mol. The van der Waals surface area contributed by atoms with Gasteiger partial charge in [0.1, 0.15) is 6.10 Å². The molecule has 6 heteroatoms. The zero-order chi connectivity index (χ0) is 21.5. The molecule has 1 saturated carbocycles. The summed E-state index contributed by atoms with van der Waals surface area (Å²) in [6, 6.07) is 17.7. The molecule has 1 fully saturated rings. The standard InChI is InChI=1S/C24H24O6/c25-18(13-16-7-3-1-4-8-16)11-12-19-20(14-23(27)28)21(26)15-22(19)30-24(29)17-9-5-2-6-10-17/h1-12,19-22,26H,13-15H2,(H,27,28)/t19-,20-,21+,22-/m1/s1. The minimum Gasteiger partial charge on any atom is -0.481 e. The Hall–Kier alpha value is -3.25. The van der Waals surface area contributed by atoms with Gasteiger partial charge in [0.15, 0.2) is 5.78 Å². The van der Waals surface area contributed by atoms with Gasteiger partial charge >= 0.3 is 11.9 Å². The lowest BCUT2D eigenvalue weighted by Crippen LogP contribution is -2.26. The highest BCUT2D eigenvalue weighted by atomic mass is 16.5. The Balaban J connectivity index is 1.74. The van der Waals surface area contributed by atoms with E-state index in [9.17, 15) is 24.6 Å². The number of hydrogen-bond donors (Lipinski definition) is 2. The number of rotatable bonds is 8. The number of carboxylic acid groups (broad SMARTS) is 1. The number of aliphatic hydroxyl groups excluding tert-OH is 1.